The van der Waals surface area contributed by atoms with Crippen molar-refractivity contribution in [2.45, 2.75) is 31.4 Å². The quantitative estimate of drug-likeness (QED) is 0.914. The second-order valence-electron chi connectivity index (χ2n) is 3.96. The van der Waals surface area contributed by atoms with Crippen LogP contribution in [0.3, 0.4) is 0 Å². The number of benzene rings is 1. The fraction of sp³-hybridized carbons (Fsp3) is 0.455. The maximum Gasteiger partial charge on any atom is 0.266 e. The fourth-order valence-corrected chi connectivity index (χ4v) is 1.66. The molecule has 2 N–H and O–H groups in total. The molecular weight excluding hydrogens is 255 g/mol. The van der Waals surface area contributed by atoms with E-state index in [1.807, 2.05) is 0 Å². The minimum absolute atomic E-state index is 0. The van der Waals surface area contributed by atoms with Crippen LogP contribution in [0.2, 0.25) is 0 Å². The summed E-state index contributed by atoms with van der Waals surface area (Å²) in [7, 11) is 0. The van der Waals surface area contributed by atoms with Crippen molar-refractivity contribution in [1.29, 1.82) is 0 Å². The maximum atomic E-state index is 13.0. The van der Waals surface area contributed by atoms with Crippen LogP contribution in [-0.2, 0) is 0 Å². The third-order valence-electron chi connectivity index (χ3n) is 2.64. The summed E-state index contributed by atoms with van der Waals surface area (Å²) in [5.74, 6) is -0.638. The zero-order valence-electron chi connectivity index (χ0n) is 8.91. The van der Waals surface area contributed by atoms with Gasteiger partial charge in [0.05, 0.1) is 5.56 Å². The molecule has 1 saturated carbocycles. The molecule has 1 aromatic rings. The molecule has 0 aliphatic heterocycles. The predicted molar refractivity (Wildman–Crippen MR) is 60.2 cm³/mol. The Morgan fingerprint density at radius 2 is 1.94 bits per heavy atom. The molecule has 0 radical (unpaired) electrons. The lowest BCUT2D eigenvalue weighted by Crippen LogP contribution is -2.43. The van der Waals surface area contributed by atoms with Gasteiger partial charge in [0, 0.05) is 6.04 Å². The molecule has 0 bridgehead atoms. The highest BCUT2D eigenvalue weighted by molar-refractivity contribution is 5.85. The number of rotatable bonds is 3. The van der Waals surface area contributed by atoms with Gasteiger partial charge in [-0.3, -0.25) is 0 Å². The summed E-state index contributed by atoms with van der Waals surface area (Å²) in [6, 6.07) is 3.52. The van der Waals surface area contributed by atoms with Gasteiger partial charge in [0.15, 0.2) is 0 Å². The van der Waals surface area contributed by atoms with Gasteiger partial charge in [-0.25, -0.2) is 13.2 Å². The van der Waals surface area contributed by atoms with Crippen molar-refractivity contribution in [2.75, 3.05) is 0 Å². The molecule has 2 nitrogen and oxygen atoms in total. The first kappa shape index (κ1) is 14.1. The normalized spacial score (nSPS) is 22.9. The third-order valence-corrected chi connectivity index (χ3v) is 2.64. The van der Waals surface area contributed by atoms with Crippen LogP contribution in [-0.4, -0.2) is 12.1 Å². The SMILES string of the molecule is Cl.NC1CC(Oc2ccc(F)c(C(F)F)c2)C1. The van der Waals surface area contributed by atoms with Gasteiger partial charge in [-0.05, 0) is 31.0 Å². The molecular formula is C11H13ClF3NO. The number of nitrogens with two attached hydrogens (primary N) is 1. The van der Waals surface area contributed by atoms with E-state index >= 15 is 0 Å². The van der Waals surface area contributed by atoms with E-state index in [0.29, 0.717) is 12.8 Å². The molecule has 0 saturated heterocycles. The lowest BCUT2D eigenvalue weighted by molar-refractivity contribution is 0.0992. The number of hydrogen-bond donors (Lipinski definition) is 1. The highest BCUT2D eigenvalue weighted by Gasteiger charge is 2.28. The van der Waals surface area contributed by atoms with E-state index in [2.05, 4.69) is 0 Å². The summed E-state index contributed by atoms with van der Waals surface area (Å²) < 4.78 is 43.1. The number of hydrogen-bond acceptors (Lipinski definition) is 2. The summed E-state index contributed by atoms with van der Waals surface area (Å²) in [6.07, 6.45) is -1.44. The van der Waals surface area contributed by atoms with Crippen molar-refractivity contribution in [3.8, 4) is 5.75 Å². The molecule has 1 aromatic carbocycles. The van der Waals surface area contributed by atoms with E-state index in [9.17, 15) is 13.2 Å². The Bertz CT molecular complexity index is 383. The molecule has 2 rings (SSSR count). The average Bonchev–Trinajstić information content (AvgIpc) is 2.18. The van der Waals surface area contributed by atoms with Crippen LogP contribution in [0.1, 0.15) is 24.8 Å². The molecule has 0 spiro atoms. The van der Waals surface area contributed by atoms with Gasteiger partial charge in [0.2, 0.25) is 0 Å². The van der Waals surface area contributed by atoms with Gasteiger partial charge in [0.25, 0.3) is 6.43 Å². The minimum atomic E-state index is -2.83. The molecule has 0 aromatic heterocycles. The number of alkyl halides is 2. The second kappa shape index (κ2) is 5.60. The van der Waals surface area contributed by atoms with Gasteiger partial charge >= 0.3 is 0 Å². The summed E-state index contributed by atoms with van der Waals surface area (Å²) in [4.78, 5) is 0. The van der Waals surface area contributed by atoms with Crippen LogP contribution < -0.4 is 10.5 Å². The first-order chi connectivity index (χ1) is 7.56. The smallest absolute Gasteiger partial charge is 0.266 e. The van der Waals surface area contributed by atoms with Crippen LogP contribution in [0.15, 0.2) is 18.2 Å². The standard InChI is InChI=1S/C11H12F3NO.ClH/c12-10-2-1-7(5-9(10)11(13)14)16-8-3-6(15)4-8;/h1-2,5-6,8,11H,3-4,15H2;1H. The Morgan fingerprint density at radius 3 is 2.47 bits per heavy atom. The highest BCUT2D eigenvalue weighted by atomic mass is 35.5. The summed E-state index contributed by atoms with van der Waals surface area (Å²) in [5, 5.41) is 0. The van der Waals surface area contributed by atoms with Crippen molar-refractivity contribution < 1.29 is 17.9 Å². The van der Waals surface area contributed by atoms with Crippen molar-refractivity contribution in [3.05, 3.63) is 29.6 Å². The van der Waals surface area contributed by atoms with Crippen molar-refractivity contribution >= 4 is 12.4 Å². The largest absolute Gasteiger partial charge is 0.490 e. The molecule has 17 heavy (non-hydrogen) atoms. The first-order valence-corrected chi connectivity index (χ1v) is 5.06. The third kappa shape index (κ3) is 3.26. The lowest BCUT2D eigenvalue weighted by atomic mass is 9.90. The van der Waals surface area contributed by atoms with Gasteiger partial charge in [-0.2, -0.15) is 0 Å². The number of ether oxygens (including phenoxy) is 1. The van der Waals surface area contributed by atoms with E-state index in [1.54, 1.807) is 0 Å². The van der Waals surface area contributed by atoms with E-state index < -0.39 is 17.8 Å². The second-order valence-corrected chi connectivity index (χ2v) is 3.96. The summed E-state index contributed by atoms with van der Waals surface area (Å²) in [5.41, 5.74) is 4.94. The summed E-state index contributed by atoms with van der Waals surface area (Å²) in [6.45, 7) is 0. The van der Waals surface area contributed by atoms with Crippen molar-refractivity contribution in [1.82, 2.24) is 0 Å². The molecule has 6 heteroatoms. The van der Waals surface area contributed by atoms with E-state index in [4.69, 9.17) is 10.5 Å². The Labute approximate surface area is 103 Å². The van der Waals surface area contributed by atoms with Crippen molar-refractivity contribution in [3.63, 3.8) is 0 Å². The Morgan fingerprint density at radius 1 is 1.29 bits per heavy atom. The average molecular weight is 268 g/mol. The molecule has 1 aliphatic carbocycles. The van der Waals surface area contributed by atoms with E-state index in [-0.39, 0.29) is 30.3 Å². The van der Waals surface area contributed by atoms with Gasteiger partial charge in [-0.15, -0.1) is 12.4 Å². The summed E-state index contributed by atoms with van der Waals surface area (Å²) >= 11 is 0. The van der Waals surface area contributed by atoms with Crippen LogP contribution in [0.25, 0.3) is 0 Å². The van der Waals surface area contributed by atoms with E-state index in [1.165, 1.54) is 6.07 Å². The van der Waals surface area contributed by atoms with Crippen LogP contribution in [0.5, 0.6) is 5.75 Å². The Kier molecular flexibility index (Phi) is 4.65. The van der Waals surface area contributed by atoms with Gasteiger partial charge < -0.3 is 10.5 Å². The van der Waals surface area contributed by atoms with Crippen LogP contribution in [0.4, 0.5) is 13.2 Å². The monoisotopic (exact) mass is 267 g/mol. The number of halogens is 4. The molecule has 1 aliphatic rings. The molecule has 0 atom stereocenters. The van der Waals surface area contributed by atoms with Crippen molar-refractivity contribution in [2.24, 2.45) is 5.73 Å². The molecule has 0 amide bonds. The van der Waals surface area contributed by atoms with E-state index in [0.717, 1.165) is 12.1 Å². The first-order valence-electron chi connectivity index (χ1n) is 5.06. The predicted octanol–water partition coefficient (Wildman–Crippen LogP) is 3.05. The van der Waals surface area contributed by atoms with Crippen LogP contribution >= 0.6 is 12.4 Å². The van der Waals surface area contributed by atoms with Gasteiger partial charge in [-0.1, -0.05) is 0 Å². The molecule has 0 heterocycles. The Hall–Kier alpha value is -0.940. The Balaban J connectivity index is 0.00000144. The van der Waals surface area contributed by atoms with Crippen LogP contribution in [0, 0.1) is 5.82 Å². The molecule has 1 fully saturated rings. The zero-order chi connectivity index (χ0) is 11.7. The molecule has 0 unspecified atom stereocenters. The van der Waals surface area contributed by atoms with Gasteiger partial charge in [0.1, 0.15) is 17.7 Å². The minimum Gasteiger partial charge on any atom is -0.490 e. The zero-order valence-corrected chi connectivity index (χ0v) is 9.72. The lowest BCUT2D eigenvalue weighted by Gasteiger charge is -2.32. The maximum absolute atomic E-state index is 13.0. The highest BCUT2D eigenvalue weighted by Crippen LogP contribution is 2.29. The topological polar surface area (TPSA) is 35.2 Å². The molecule has 96 valence electrons. The fourth-order valence-electron chi connectivity index (χ4n) is 1.66.